The summed E-state index contributed by atoms with van der Waals surface area (Å²) in [6.07, 6.45) is 3.41. The third-order valence-electron chi connectivity index (χ3n) is 2.72. The smallest absolute Gasteiger partial charge is 0.248 e. The van der Waals surface area contributed by atoms with Crippen LogP contribution in [0.4, 0.5) is 0 Å². The van der Waals surface area contributed by atoms with Crippen LogP contribution in [0.2, 0.25) is 0 Å². The van der Waals surface area contributed by atoms with Gasteiger partial charge in [-0.1, -0.05) is 6.92 Å². The molecule has 1 saturated heterocycles. The lowest BCUT2D eigenvalue weighted by molar-refractivity contribution is -0.135. The Kier molecular flexibility index (Phi) is 5.65. The third kappa shape index (κ3) is 4.18. The molecule has 88 valence electrons. The van der Waals surface area contributed by atoms with Gasteiger partial charge >= 0.3 is 0 Å². The van der Waals surface area contributed by atoms with Crippen LogP contribution in [0.5, 0.6) is 0 Å². The minimum absolute atomic E-state index is 0.105. The Balaban J connectivity index is 2.37. The van der Waals surface area contributed by atoms with Crippen molar-refractivity contribution in [1.82, 2.24) is 10.2 Å². The molecule has 1 rings (SSSR count). The van der Waals surface area contributed by atoms with E-state index in [-0.39, 0.29) is 12.5 Å². The number of hydrogen-bond donors (Lipinski definition) is 1. The number of ether oxygens (including phenoxy) is 1. The zero-order valence-corrected chi connectivity index (χ0v) is 9.79. The van der Waals surface area contributed by atoms with E-state index in [1.807, 2.05) is 4.90 Å². The number of amides is 1. The van der Waals surface area contributed by atoms with Crippen molar-refractivity contribution in [3.8, 4) is 0 Å². The molecule has 1 aliphatic rings. The summed E-state index contributed by atoms with van der Waals surface area (Å²) in [4.78, 5) is 13.6. The first-order valence-corrected chi connectivity index (χ1v) is 5.78. The fourth-order valence-electron chi connectivity index (χ4n) is 1.98. The number of carbonyl (C=O) groups is 1. The minimum Gasteiger partial charge on any atom is -0.375 e. The first kappa shape index (κ1) is 12.5. The summed E-state index contributed by atoms with van der Waals surface area (Å²) in [5.41, 5.74) is 0. The third-order valence-corrected chi connectivity index (χ3v) is 2.72. The Hall–Kier alpha value is -0.610. The van der Waals surface area contributed by atoms with E-state index in [0.717, 1.165) is 26.1 Å². The monoisotopic (exact) mass is 214 g/mol. The number of carbonyl (C=O) groups excluding carboxylic acids is 1. The zero-order valence-electron chi connectivity index (χ0n) is 9.79. The van der Waals surface area contributed by atoms with E-state index in [4.69, 9.17) is 4.74 Å². The summed E-state index contributed by atoms with van der Waals surface area (Å²) in [7, 11) is 1.57. The van der Waals surface area contributed by atoms with E-state index in [1.165, 1.54) is 12.8 Å². The lowest BCUT2D eigenvalue weighted by Gasteiger charge is -2.25. The predicted octanol–water partition coefficient (Wildman–Crippen LogP) is 0.623. The second-order valence-corrected chi connectivity index (χ2v) is 4.07. The highest BCUT2D eigenvalue weighted by atomic mass is 16.5. The average Bonchev–Trinajstić information content (AvgIpc) is 2.70. The Labute approximate surface area is 92.0 Å². The molecule has 1 aliphatic heterocycles. The number of hydrogen-bond acceptors (Lipinski definition) is 3. The van der Waals surface area contributed by atoms with Crippen LogP contribution in [-0.2, 0) is 9.53 Å². The van der Waals surface area contributed by atoms with Gasteiger partial charge in [0.15, 0.2) is 0 Å². The molecular formula is C11H22N2O2. The van der Waals surface area contributed by atoms with Crippen LogP contribution in [0.15, 0.2) is 0 Å². The number of rotatable bonds is 6. The maximum atomic E-state index is 11.7. The molecule has 0 aromatic rings. The summed E-state index contributed by atoms with van der Waals surface area (Å²) in [5, 5.41) is 3.41. The van der Waals surface area contributed by atoms with Gasteiger partial charge in [-0.2, -0.15) is 0 Å². The maximum absolute atomic E-state index is 11.7. The van der Waals surface area contributed by atoms with Crippen molar-refractivity contribution in [2.45, 2.75) is 32.2 Å². The Bertz CT molecular complexity index is 191. The van der Waals surface area contributed by atoms with Gasteiger partial charge in [-0.15, -0.1) is 0 Å². The largest absolute Gasteiger partial charge is 0.375 e. The first-order valence-electron chi connectivity index (χ1n) is 5.78. The summed E-state index contributed by atoms with van der Waals surface area (Å²) in [5.74, 6) is 0.105. The highest BCUT2D eigenvalue weighted by molar-refractivity contribution is 5.77. The molecule has 1 heterocycles. The van der Waals surface area contributed by atoms with Gasteiger partial charge in [0.05, 0.1) is 0 Å². The van der Waals surface area contributed by atoms with E-state index in [1.54, 1.807) is 7.11 Å². The van der Waals surface area contributed by atoms with Gasteiger partial charge in [-0.05, 0) is 25.8 Å². The van der Waals surface area contributed by atoms with Gasteiger partial charge in [-0.25, -0.2) is 0 Å². The molecule has 1 fully saturated rings. The molecular weight excluding hydrogens is 192 g/mol. The van der Waals surface area contributed by atoms with E-state index in [0.29, 0.717) is 6.04 Å². The molecule has 0 radical (unpaired) electrons. The van der Waals surface area contributed by atoms with Crippen LogP contribution >= 0.6 is 0 Å². The average molecular weight is 214 g/mol. The fourth-order valence-corrected chi connectivity index (χ4v) is 1.98. The van der Waals surface area contributed by atoms with Crippen LogP contribution in [0, 0.1) is 0 Å². The van der Waals surface area contributed by atoms with Crippen molar-refractivity contribution in [3.05, 3.63) is 0 Å². The molecule has 4 nitrogen and oxygen atoms in total. The quantitative estimate of drug-likeness (QED) is 0.705. The standard InChI is InChI=1S/C11H22N2O2/c1-3-7-13(11(14)9-15-2)8-10-5-4-6-12-10/h10,12H,3-9H2,1-2H3. The van der Waals surface area contributed by atoms with Gasteiger partial charge < -0.3 is 15.0 Å². The lowest BCUT2D eigenvalue weighted by atomic mass is 10.2. The van der Waals surface area contributed by atoms with E-state index in [2.05, 4.69) is 12.2 Å². The Morgan fingerprint density at radius 2 is 2.40 bits per heavy atom. The van der Waals surface area contributed by atoms with Gasteiger partial charge in [0.1, 0.15) is 6.61 Å². The van der Waals surface area contributed by atoms with Gasteiger partial charge in [0.25, 0.3) is 0 Å². The lowest BCUT2D eigenvalue weighted by Crippen LogP contribution is -2.42. The van der Waals surface area contributed by atoms with Crippen LogP contribution < -0.4 is 5.32 Å². The second kappa shape index (κ2) is 6.80. The molecule has 4 heteroatoms. The highest BCUT2D eigenvalue weighted by Gasteiger charge is 2.20. The summed E-state index contributed by atoms with van der Waals surface area (Å²) in [6, 6.07) is 0.484. The topological polar surface area (TPSA) is 41.6 Å². The molecule has 15 heavy (non-hydrogen) atoms. The molecule has 0 spiro atoms. The van der Waals surface area contributed by atoms with Gasteiger partial charge in [-0.3, -0.25) is 4.79 Å². The van der Waals surface area contributed by atoms with E-state index < -0.39 is 0 Å². The van der Waals surface area contributed by atoms with Crippen molar-refractivity contribution in [3.63, 3.8) is 0 Å². The number of nitrogens with zero attached hydrogens (tertiary/aromatic N) is 1. The summed E-state index contributed by atoms with van der Waals surface area (Å²) < 4.78 is 4.88. The van der Waals surface area contributed by atoms with Crippen molar-refractivity contribution < 1.29 is 9.53 Å². The normalized spacial score (nSPS) is 20.5. The van der Waals surface area contributed by atoms with Crippen molar-refractivity contribution in [2.75, 3.05) is 33.4 Å². The molecule has 0 aromatic heterocycles. The van der Waals surface area contributed by atoms with Crippen molar-refractivity contribution in [1.29, 1.82) is 0 Å². The van der Waals surface area contributed by atoms with Gasteiger partial charge in [0, 0.05) is 26.2 Å². The Morgan fingerprint density at radius 1 is 1.60 bits per heavy atom. The number of methoxy groups -OCH3 is 1. The highest BCUT2D eigenvalue weighted by Crippen LogP contribution is 2.07. The molecule has 1 amide bonds. The first-order chi connectivity index (χ1) is 7.27. The predicted molar refractivity (Wildman–Crippen MR) is 59.8 cm³/mol. The Morgan fingerprint density at radius 3 is 2.93 bits per heavy atom. The van der Waals surface area contributed by atoms with E-state index >= 15 is 0 Å². The zero-order chi connectivity index (χ0) is 11.1. The van der Waals surface area contributed by atoms with Gasteiger partial charge in [0.2, 0.25) is 5.91 Å². The molecule has 0 bridgehead atoms. The summed E-state index contributed by atoms with van der Waals surface area (Å²) in [6.45, 7) is 5.04. The minimum atomic E-state index is 0.105. The second-order valence-electron chi connectivity index (χ2n) is 4.07. The SMILES string of the molecule is CCCN(CC1CCCN1)C(=O)COC. The fraction of sp³-hybridized carbons (Fsp3) is 0.909. The molecule has 0 saturated carbocycles. The molecule has 0 aliphatic carbocycles. The van der Waals surface area contributed by atoms with E-state index in [9.17, 15) is 4.79 Å². The van der Waals surface area contributed by atoms with Crippen LogP contribution in [0.1, 0.15) is 26.2 Å². The molecule has 1 unspecified atom stereocenters. The number of nitrogens with one attached hydrogen (secondary N) is 1. The van der Waals surface area contributed by atoms with Crippen LogP contribution in [-0.4, -0.2) is 50.2 Å². The van der Waals surface area contributed by atoms with Crippen molar-refractivity contribution >= 4 is 5.91 Å². The van der Waals surface area contributed by atoms with Crippen LogP contribution in [0.25, 0.3) is 0 Å². The maximum Gasteiger partial charge on any atom is 0.248 e. The molecule has 1 N–H and O–H groups in total. The molecule has 0 aromatic carbocycles. The van der Waals surface area contributed by atoms with Crippen molar-refractivity contribution in [2.24, 2.45) is 0 Å². The van der Waals surface area contributed by atoms with Crippen LogP contribution in [0.3, 0.4) is 0 Å². The molecule has 1 atom stereocenters. The summed E-state index contributed by atoms with van der Waals surface area (Å²) >= 11 is 0.